The highest BCUT2D eigenvalue weighted by Crippen LogP contribution is 2.29. The second-order valence-electron chi connectivity index (χ2n) is 19.8. The lowest BCUT2D eigenvalue weighted by atomic mass is 9.99. The standard InChI is InChI=1S/C22H14Cl2O2.C15H12Cl2O2.C15H10Cl2O.C14H10ClIO2.C7H4ClIO2/c23-19-8-4-7-16(13-19)9-10-18-14-20(24)11-12-21(18)22(25)26-15-17-5-2-1-3-6-17;16-12-3-1-2-10(8-12)4-5-11-9-13(17)6-7-14(11)15(18)19;16-11-3-5-13-9(7-11)1-2-10-8-12(17)4-6-14(10)15(13)18;15-11-6-7-12(13(16)8-11)14(17)18-9-10-4-2-1-3-5-10;8-4-1-2-5(7(10)11)6(9)3-4/h1-8,11-14H,15H2;1-3,6-9H,4-5H2,(H,18,19);3-8H,1-2H2;1-8H,9H2;1-3H,(H,10,11). The van der Waals surface area contributed by atoms with Crippen LogP contribution in [0.2, 0.25) is 40.2 Å². The van der Waals surface area contributed by atoms with Gasteiger partial charge in [-0.15, -0.1) is 0 Å². The van der Waals surface area contributed by atoms with Crippen LogP contribution in [0.3, 0.4) is 0 Å². The summed E-state index contributed by atoms with van der Waals surface area (Å²) in [5.74, 6) is 3.41. The molecular formula is C73H50Cl8I2O9. The maximum Gasteiger partial charge on any atom is 0.339 e. The van der Waals surface area contributed by atoms with Crippen molar-refractivity contribution in [2.24, 2.45) is 0 Å². The van der Waals surface area contributed by atoms with Crippen molar-refractivity contribution < 1.29 is 43.7 Å². The van der Waals surface area contributed by atoms with Gasteiger partial charge in [-0.25, -0.2) is 19.2 Å². The molecule has 1 aliphatic carbocycles. The van der Waals surface area contributed by atoms with Crippen LogP contribution in [0.15, 0.2) is 218 Å². The monoisotopic (exact) mass is 1600 g/mol. The van der Waals surface area contributed by atoms with E-state index in [2.05, 4.69) is 34.4 Å². The van der Waals surface area contributed by atoms with Crippen molar-refractivity contribution >= 4 is 168 Å². The number of aryl methyl sites for hydroxylation is 4. The quantitative estimate of drug-likeness (QED) is 0.0735. The van der Waals surface area contributed by atoms with Gasteiger partial charge in [0.15, 0.2) is 5.78 Å². The van der Waals surface area contributed by atoms with Crippen molar-refractivity contribution in [1.82, 2.24) is 0 Å². The summed E-state index contributed by atoms with van der Waals surface area (Å²) in [7, 11) is 0. The fraction of sp³-hybridized carbons (Fsp3) is 0.0822. The number of aromatic carboxylic acids is 2. The Balaban J connectivity index is 0.000000167. The van der Waals surface area contributed by atoms with Crippen molar-refractivity contribution in [2.75, 3.05) is 0 Å². The summed E-state index contributed by atoms with van der Waals surface area (Å²) < 4.78 is 12.1. The second kappa shape index (κ2) is 36.5. The van der Waals surface area contributed by atoms with E-state index in [1.807, 2.05) is 144 Å². The number of rotatable bonds is 11. The van der Waals surface area contributed by atoms with Gasteiger partial charge in [0, 0.05) is 69.6 Å². The highest BCUT2D eigenvalue weighted by atomic mass is 127. The van der Waals surface area contributed by atoms with Gasteiger partial charge in [-0.3, -0.25) is 4.79 Å². The molecule has 0 fully saturated rings. The van der Waals surface area contributed by atoms with E-state index in [1.54, 1.807) is 84.9 Å². The van der Waals surface area contributed by atoms with Gasteiger partial charge in [-0.1, -0.05) is 184 Å². The first-order valence-corrected chi connectivity index (χ1v) is 32.8. The molecule has 0 aromatic heterocycles. The normalized spacial score (nSPS) is 10.8. The van der Waals surface area contributed by atoms with Gasteiger partial charge >= 0.3 is 23.9 Å². The van der Waals surface area contributed by atoms with Gasteiger partial charge in [0.05, 0.1) is 22.3 Å². The SMILES string of the molecule is O=C(O)c1ccc(Cl)cc1CCc1cccc(Cl)c1.O=C(O)c1ccc(Cl)cc1I.O=C(OCc1ccccc1)c1ccc(Cl)cc1C#Cc1cccc(Cl)c1.O=C(OCc1ccccc1)c1ccc(Cl)cc1I.O=C1c2ccc(Cl)cc2CCc2cc(Cl)ccc21. The zero-order chi connectivity index (χ0) is 66.3. The van der Waals surface area contributed by atoms with Gasteiger partial charge in [-0.2, -0.15) is 0 Å². The van der Waals surface area contributed by atoms with Crippen LogP contribution in [0.25, 0.3) is 0 Å². The summed E-state index contributed by atoms with van der Waals surface area (Å²) >= 11 is 51.3. The first kappa shape index (κ1) is 72.5. The van der Waals surface area contributed by atoms with Crippen LogP contribution in [0.4, 0.5) is 0 Å². The average molecular weight is 1610 g/mol. The molecule has 0 amide bonds. The number of carbonyl (C=O) groups is 5. The number of carboxylic acid groups (broad SMARTS) is 2. The molecule has 0 radical (unpaired) electrons. The van der Waals surface area contributed by atoms with E-state index in [-0.39, 0.29) is 30.5 Å². The topological polar surface area (TPSA) is 144 Å². The van der Waals surface area contributed by atoms with Crippen LogP contribution in [-0.4, -0.2) is 39.9 Å². The number of benzene rings is 10. The molecule has 2 N–H and O–H groups in total. The Morgan fingerprint density at radius 3 is 1.30 bits per heavy atom. The summed E-state index contributed by atoms with van der Waals surface area (Å²) in [6, 6.07) is 64.2. The first-order chi connectivity index (χ1) is 44.1. The third-order valence-corrected chi connectivity index (χ3v) is 16.9. The van der Waals surface area contributed by atoms with Gasteiger partial charge in [-0.05, 0) is 244 Å². The molecule has 92 heavy (non-hydrogen) atoms. The van der Waals surface area contributed by atoms with E-state index in [4.69, 9.17) is 112 Å². The van der Waals surface area contributed by atoms with Crippen LogP contribution in [0, 0.1) is 19.0 Å². The van der Waals surface area contributed by atoms with Crippen molar-refractivity contribution in [2.45, 2.75) is 38.9 Å². The predicted octanol–water partition coefficient (Wildman–Crippen LogP) is 21.5. The first-order valence-electron chi connectivity index (χ1n) is 27.6. The Kier molecular flexibility index (Phi) is 28.8. The lowest BCUT2D eigenvalue weighted by Gasteiger charge is -2.07. The van der Waals surface area contributed by atoms with Gasteiger partial charge < -0.3 is 19.7 Å². The lowest BCUT2D eigenvalue weighted by Crippen LogP contribution is -2.07. The van der Waals surface area contributed by atoms with Gasteiger partial charge in [0.25, 0.3) is 0 Å². The molecule has 0 saturated heterocycles. The number of fused-ring (bicyclic) bond motifs is 2. The van der Waals surface area contributed by atoms with Crippen molar-refractivity contribution in [3.8, 4) is 11.8 Å². The second-order valence-corrected chi connectivity index (χ2v) is 25.6. The largest absolute Gasteiger partial charge is 0.478 e. The number of hydrogen-bond acceptors (Lipinski definition) is 7. The van der Waals surface area contributed by atoms with E-state index in [1.165, 1.54) is 12.1 Å². The Hall–Kier alpha value is -6.91. The van der Waals surface area contributed by atoms with E-state index >= 15 is 0 Å². The zero-order valence-corrected chi connectivity index (χ0v) is 58.4. The Labute approximate surface area is 599 Å². The molecule has 1 aliphatic rings. The molecule has 0 heterocycles. The molecule has 0 saturated carbocycles. The zero-order valence-electron chi connectivity index (χ0n) is 48.1. The van der Waals surface area contributed by atoms with Gasteiger partial charge in [0.1, 0.15) is 13.2 Å². The number of carbonyl (C=O) groups excluding carboxylic acids is 3. The van der Waals surface area contributed by atoms with E-state index < -0.39 is 17.9 Å². The highest BCUT2D eigenvalue weighted by Gasteiger charge is 2.22. The molecule has 10 aromatic carbocycles. The fourth-order valence-corrected chi connectivity index (χ4v) is 12.1. The third-order valence-electron chi connectivity index (χ3n) is 13.3. The summed E-state index contributed by atoms with van der Waals surface area (Å²) in [5.41, 5.74) is 9.98. The summed E-state index contributed by atoms with van der Waals surface area (Å²) in [5, 5.41) is 22.6. The number of esters is 2. The van der Waals surface area contributed by atoms with Crippen LogP contribution in [-0.2, 0) is 48.4 Å². The molecule has 11 rings (SSSR count). The minimum absolute atomic E-state index is 0.0610. The summed E-state index contributed by atoms with van der Waals surface area (Å²) in [6.45, 7) is 0.474. The molecule has 10 aromatic rings. The van der Waals surface area contributed by atoms with E-state index in [9.17, 15) is 24.0 Å². The van der Waals surface area contributed by atoms with Crippen LogP contribution in [0.1, 0.15) is 102 Å². The molecule has 0 bridgehead atoms. The molecule has 466 valence electrons. The Morgan fingerprint density at radius 2 is 0.804 bits per heavy atom. The van der Waals surface area contributed by atoms with Crippen molar-refractivity contribution in [1.29, 1.82) is 0 Å². The minimum atomic E-state index is -0.933. The minimum Gasteiger partial charge on any atom is -0.478 e. The maximum absolute atomic E-state index is 12.5. The molecule has 9 nitrogen and oxygen atoms in total. The molecule has 0 aliphatic heterocycles. The Morgan fingerprint density at radius 1 is 0.391 bits per heavy atom. The van der Waals surface area contributed by atoms with Crippen molar-refractivity contribution in [3.63, 3.8) is 0 Å². The van der Waals surface area contributed by atoms with Crippen LogP contribution >= 0.6 is 138 Å². The molecule has 0 atom stereocenters. The van der Waals surface area contributed by atoms with Crippen LogP contribution in [0.5, 0.6) is 0 Å². The third kappa shape index (κ3) is 23.0. The van der Waals surface area contributed by atoms with Crippen molar-refractivity contribution in [3.05, 3.63) is 344 Å². The molecule has 0 spiro atoms. The van der Waals surface area contributed by atoms with E-state index in [0.717, 1.165) is 72.9 Å². The molecule has 19 heteroatoms. The Bertz CT molecular complexity index is 4290. The molecular weight excluding hydrogens is 1560 g/mol. The van der Waals surface area contributed by atoms with E-state index in [0.29, 0.717) is 72.4 Å². The number of halogens is 10. The fourth-order valence-electron chi connectivity index (χ4n) is 8.77. The number of carboxylic acids is 2. The van der Waals surface area contributed by atoms with Crippen LogP contribution < -0.4 is 0 Å². The lowest BCUT2D eigenvalue weighted by molar-refractivity contribution is 0.0463. The maximum atomic E-state index is 12.5. The number of ketones is 1. The smallest absolute Gasteiger partial charge is 0.339 e. The average Bonchev–Trinajstić information content (AvgIpc) is 1.66. The molecule has 0 unspecified atom stereocenters. The number of ether oxygens (including phenoxy) is 2. The summed E-state index contributed by atoms with van der Waals surface area (Å²) in [4.78, 5) is 58.4. The predicted molar refractivity (Wildman–Crippen MR) is 386 cm³/mol. The summed E-state index contributed by atoms with van der Waals surface area (Å²) in [6.07, 6.45) is 2.97. The number of hydrogen-bond donors (Lipinski definition) is 2. The van der Waals surface area contributed by atoms with Gasteiger partial charge in [0.2, 0.25) is 0 Å². The highest BCUT2D eigenvalue weighted by molar-refractivity contribution is 14.1.